The Morgan fingerprint density at radius 2 is 0.945 bits per heavy atom. The lowest BCUT2D eigenvalue weighted by Gasteiger charge is -2.44. The SMILES string of the molecule is CN(C)C(=O)c1ccc(N2CCN(C[C@@H](O)c3ccc(C(N)=O)cc3)C[C@H]2c2ccc(Cl)cc2)c(Cl)c1.[C-]#[N+]c1ccc([C@H](O)CN2CCN(c3ccc(C(=O)N(C)C)cc3Cl)[C@H](c3ccc(Cl)cc3)C2)cc1. The van der Waals surface area contributed by atoms with Gasteiger partial charge in [0.1, 0.15) is 0 Å². The number of carbonyl (C=O) groups is 3. The van der Waals surface area contributed by atoms with Gasteiger partial charge in [0, 0.05) is 107 Å². The van der Waals surface area contributed by atoms with Crippen LogP contribution >= 0.6 is 46.4 Å². The van der Waals surface area contributed by atoms with Crippen molar-refractivity contribution in [1.82, 2.24) is 19.6 Å². The Kier molecular flexibility index (Phi) is 18.5. The molecule has 0 saturated carbocycles. The van der Waals surface area contributed by atoms with E-state index in [1.807, 2.05) is 66.7 Å². The van der Waals surface area contributed by atoms with Crippen LogP contribution in [0.2, 0.25) is 20.1 Å². The minimum atomic E-state index is -0.723. The highest BCUT2D eigenvalue weighted by molar-refractivity contribution is 6.34. The molecule has 2 aliphatic heterocycles. The number of nitrogens with two attached hydrogens (primary N) is 1. The molecule has 6 aromatic rings. The minimum absolute atomic E-state index is 0.0272. The summed E-state index contributed by atoms with van der Waals surface area (Å²) in [6, 6.07) is 40.1. The maximum Gasteiger partial charge on any atom is 0.253 e. The molecule has 0 aromatic heterocycles. The normalized spacial score (nSPS) is 16.9. The molecule has 4 atom stereocenters. The Morgan fingerprint density at radius 1 is 0.575 bits per heavy atom. The fourth-order valence-electron chi connectivity index (χ4n) is 9.13. The summed E-state index contributed by atoms with van der Waals surface area (Å²) >= 11 is 25.7. The van der Waals surface area contributed by atoms with Gasteiger partial charge < -0.3 is 35.5 Å². The van der Waals surface area contributed by atoms with E-state index in [9.17, 15) is 24.6 Å². The molecule has 0 radical (unpaired) electrons. The summed E-state index contributed by atoms with van der Waals surface area (Å²) in [5.74, 6) is -0.702. The van der Waals surface area contributed by atoms with Gasteiger partial charge in [0.2, 0.25) is 5.91 Å². The molecule has 0 spiro atoms. The minimum Gasteiger partial charge on any atom is -0.387 e. The first kappa shape index (κ1) is 54.6. The fraction of sp³-hybridized carbons (Fsp3) is 0.286. The molecule has 0 aliphatic carbocycles. The Labute approximate surface area is 447 Å². The average molecular weight is 1060 g/mol. The lowest BCUT2D eigenvalue weighted by molar-refractivity contribution is 0.0820. The number of anilines is 2. The van der Waals surface area contributed by atoms with Gasteiger partial charge in [-0.1, -0.05) is 107 Å². The van der Waals surface area contributed by atoms with E-state index in [1.165, 1.54) is 9.80 Å². The standard InChI is InChI=1S/C28H30Cl2N4O3.C28H28Cl2N4O2/c1-32(2)28(37)21-9-12-24(23(30)15-21)34-14-13-33(16-25(34)18-7-10-22(29)11-8-18)17-26(35)19-3-5-20(6-4-19)27(31)36;1-31-23-11-6-20(7-12-23)27(35)18-33-14-15-34(26(17-33)19-4-9-22(29)10-5-19)25-13-8-21(16-24(25)30)28(36)32(2)3/h3-12,15,25-26,35H,13-14,16-17H2,1-2H3,(H2,31,36);4-13,16,26-27,35H,14-15,17-18H2,2-3H3/t25-,26+;26-,27+/m00/s1. The van der Waals surface area contributed by atoms with Gasteiger partial charge in [-0.3, -0.25) is 24.2 Å². The number of hydrogen-bond donors (Lipinski definition) is 3. The molecule has 0 unspecified atom stereocenters. The van der Waals surface area contributed by atoms with Crippen molar-refractivity contribution in [2.24, 2.45) is 5.73 Å². The second-order valence-electron chi connectivity index (χ2n) is 18.5. The first-order valence-corrected chi connectivity index (χ1v) is 25.2. The number of aliphatic hydroxyl groups is 2. The quantitative estimate of drug-likeness (QED) is 0.0964. The molecule has 2 heterocycles. The Morgan fingerprint density at radius 3 is 1.29 bits per heavy atom. The Hall–Kier alpha value is -6.18. The van der Waals surface area contributed by atoms with Gasteiger partial charge in [0.15, 0.2) is 5.69 Å². The lowest BCUT2D eigenvalue weighted by Crippen LogP contribution is -2.49. The van der Waals surface area contributed by atoms with E-state index in [1.54, 1.807) is 94.9 Å². The Bertz CT molecular complexity index is 2920. The van der Waals surface area contributed by atoms with Crippen molar-refractivity contribution in [2.75, 3.05) is 90.3 Å². The summed E-state index contributed by atoms with van der Waals surface area (Å²) in [5, 5.41) is 24.1. The summed E-state index contributed by atoms with van der Waals surface area (Å²) in [5.41, 5.74) is 12.7. The highest BCUT2D eigenvalue weighted by Gasteiger charge is 2.33. The van der Waals surface area contributed by atoms with Crippen LogP contribution in [0, 0.1) is 6.57 Å². The van der Waals surface area contributed by atoms with E-state index in [0.29, 0.717) is 88.3 Å². The predicted octanol–water partition coefficient (Wildman–Crippen LogP) is 10.2. The van der Waals surface area contributed by atoms with E-state index in [4.69, 9.17) is 58.7 Å². The van der Waals surface area contributed by atoms with Crippen molar-refractivity contribution >= 4 is 81.2 Å². The second-order valence-corrected chi connectivity index (χ2v) is 20.2. The summed E-state index contributed by atoms with van der Waals surface area (Å²) < 4.78 is 0. The molecule has 8 rings (SSSR count). The maximum atomic E-state index is 12.4. The number of benzene rings is 6. The molecule has 0 bridgehead atoms. The molecule has 380 valence electrons. The third-order valence-corrected chi connectivity index (χ3v) is 14.2. The highest BCUT2D eigenvalue weighted by Crippen LogP contribution is 2.39. The van der Waals surface area contributed by atoms with Crippen LogP contribution in [-0.4, -0.2) is 128 Å². The van der Waals surface area contributed by atoms with Crippen molar-refractivity contribution in [1.29, 1.82) is 0 Å². The molecule has 2 saturated heterocycles. The first-order chi connectivity index (χ1) is 34.9. The smallest absolute Gasteiger partial charge is 0.253 e. The third-order valence-electron chi connectivity index (χ3n) is 13.1. The zero-order valence-electron chi connectivity index (χ0n) is 41.0. The third kappa shape index (κ3) is 13.7. The molecule has 73 heavy (non-hydrogen) atoms. The van der Waals surface area contributed by atoms with E-state index in [2.05, 4.69) is 24.4 Å². The average Bonchev–Trinajstić information content (AvgIpc) is 3.39. The lowest BCUT2D eigenvalue weighted by atomic mass is 9.99. The van der Waals surface area contributed by atoms with Gasteiger partial charge in [-0.15, -0.1) is 0 Å². The van der Waals surface area contributed by atoms with Crippen molar-refractivity contribution in [2.45, 2.75) is 24.3 Å². The van der Waals surface area contributed by atoms with Crippen LogP contribution < -0.4 is 15.5 Å². The monoisotopic (exact) mass is 1060 g/mol. The fourth-order valence-corrected chi connectivity index (χ4v) is 9.96. The number of halogens is 4. The molecule has 4 N–H and O–H groups in total. The van der Waals surface area contributed by atoms with Gasteiger partial charge in [0.25, 0.3) is 11.8 Å². The van der Waals surface area contributed by atoms with E-state index >= 15 is 0 Å². The van der Waals surface area contributed by atoms with E-state index < -0.39 is 18.1 Å². The van der Waals surface area contributed by atoms with E-state index in [-0.39, 0.29) is 23.9 Å². The number of aliphatic hydroxyl groups excluding tert-OH is 2. The highest BCUT2D eigenvalue weighted by atomic mass is 35.5. The molecule has 2 aliphatic rings. The van der Waals surface area contributed by atoms with Crippen LogP contribution in [0.3, 0.4) is 0 Å². The van der Waals surface area contributed by atoms with E-state index in [0.717, 1.165) is 40.2 Å². The van der Waals surface area contributed by atoms with Gasteiger partial charge >= 0.3 is 0 Å². The number of rotatable bonds is 13. The van der Waals surface area contributed by atoms with Crippen molar-refractivity contribution in [3.63, 3.8) is 0 Å². The van der Waals surface area contributed by atoms with Gasteiger partial charge in [-0.25, -0.2) is 4.85 Å². The van der Waals surface area contributed by atoms with Crippen LogP contribution in [0.5, 0.6) is 0 Å². The second kappa shape index (κ2) is 24.7. The number of amides is 3. The zero-order valence-corrected chi connectivity index (χ0v) is 44.0. The summed E-state index contributed by atoms with van der Waals surface area (Å²) in [7, 11) is 6.85. The molecule has 13 nitrogen and oxygen atoms in total. The molecule has 2 fully saturated rings. The first-order valence-electron chi connectivity index (χ1n) is 23.6. The van der Waals surface area contributed by atoms with Gasteiger partial charge in [0.05, 0.1) is 52.3 Å². The molecular formula is C56H58Cl4N8O5. The molecule has 17 heteroatoms. The number of β-amino-alcohol motifs (C(OH)–C–C–N with tert-alkyl or cyclic N) is 2. The number of carbonyl (C=O) groups excluding carboxylic acids is 3. The largest absolute Gasteiger partial charge is 0.387 e. The molecule has 3 amide bonds. The topological polar surface area (TPSA) is 141 Å². The van der Waals surface area contributed by atoms with Crippen LogP contribution in [0.1, 0.15) is 77.6 Å². The van der Waals surface area contributed by atoms with Crippen LogP contribution in [0.4, 0.5) is 17.1 Å². The van der Waals surface area contributed by atoms with Crippen LogP contribution in [0.15, 0.2) is 133 Å². The number of primary amides is 1. The Balaban J connectivity index is 0.000000214. The van der Waals surface area contributed by atoms with Crippen LogP contribution in [0.25, 0.3) is 4.85 Å². The summed E-state index contributed by atoms with van der Waals surface area (Å²) in [4.78, 5) is 51.6. The maximum absolute atomic E-state index is 12.4. The molecular weight excluding hydrogens is 1010 g/mol. The van der Waals surface area contributed by atoms with Gasteiger partial charge in [-0.05, 0) is 95.1 Å². The van der Waals surface area contributed by atoms with Gasteiger partial charge in [-0.2, -0.15) is 0 Å². The predicted molar refractivity (Wildman–Crippen MR) is 292 cm³/mol. The summed E-state index contributed by atoms with van der Waals surface area (Å²) in [6.45, 7) is 12.1. The zero-order chi connectivity index (χ0) is 52.5. The number of piperazine rings is 2. The number of nitrogens with zero attached hydrogens (tertiary/aromatic N) is 7. The van der Waals surface area contributed by atoms with Crippen molar-refractivity contribution in [3.8, 4) is 0 Å². The van der Waals surface area contributed by atoms with Crippen LogP contribution in [-0.2, 0) is 0 Å². The summed E-state index contributed by atoms with van der Waals surface area (Å²) in [6.07, 6.45) is -1.39. The molecule has 6 aromatic carbocycles. The number of hydrogen-bond acceptors (Lipinski definition) is 9. The van der Waals surface area contributed by atoms with Crippen molar-refractivity contribution < 1.29 is 24.6 Å². The van der Waals surface area contributed by atoms with Crippen molar-refractivity contribution in [3.05, 3.63) is 204 Å².